The van der Waals surface area contributed by atoms with Crippen LogP contribution in [0.3, 0.4) is 0 Å². The molecule has 0 unspecified atom stereocenters. The van der Waals surface area contributed by atoms with Crippen molar-refractivity contribution in [3.05, 3.63) is 82.5 Å². The van der Waals surface area contributed by atoms with Gasteiger partial charge in [0.25, 0.3) is 0 Å². The molecule has 0 amide bonds. The first kappa shape index (κ1) is 17.8. The van der Waals surface area contributed by atoms with E-state index >= 15 is 0 Å². The van der Waals surface area contributed by atoms with Gasteiger partial charge in [0.2, 0.25) is 0 Å². The summed E-state index contributed by atoms with van der Waals surface area (Å²) in [4.78, 5) is 17.6. The lowest BCUT2D eigenvalue weighted by atomic mass is 10.2. The Labute approximate surface area is 155 Å². The molecule has 2 N–H and O–H groups in total. The third-order valence-corrected chi connectivity index (χ3v) is 5.53. The van der Waals surface area contributed by atoms with Gasteiger partial charge in [-0.25, -0.2) is 4.79 Å². The molecule has 0 aliphatic heterocycles. The highest BCUT2D eigenvalue weighted by Gasteiger charge is 1.99. The highest BCUT2D eigenvalue weighted by atomic mass is 32.2. The summed E-state index contributed by atoms with van der Waals surface area (Å²) in [6.07, 6.45) is 1.71. The van der Waals surface area contributed by atoms with E-state index in [0.29, 0.717) is 6.61 Å². The number of nitrogens with one attached hydrogen (secondary N) is 2. The molecule has 0 atom stereocenters. The van der Waals surface area contributed by atoms with Crippen LogP contribution in [0.5, 0.6) is 5.75 Å². The summed E-state index contributed by atoms with van der Waals surface area (Å²) in [7, 11) is 0. The van der Waals surface area contributed by atoms with Crippen molar-refractivity contribution in [3.63, 3.8) is 0 Å². The molecule has 3 rings (SSSR count). The second kappa shape index (κ2) is 9.44. The predicted octanol–water partition coefficient (Wildman–Crippen LogP) is 4.31. The molecule has 0 aliphatic rings. The number of imidazole rings is 1. The Morgan fingerprint density at radius 1 is 0.960 bits per heavy atom. The van der Waals surface area contributed by atoms with Crippen molar-refractivity contribution >= 4 is 23.5 Å². The normalized spacial score (nSPS) is 10.7. The van der Waals surface area contributed by atoms with Gasteiger partial charge < -0.3 is 14.7 Å². The van der Waals surface area contributed by atoms with E-state index in [1.165, 1.54) is 10.5 Å². The van der Waals surface area contributed by atoms with Crippen LogP contribution in [0.25, 0.3) is 0 Å². The summed E-state index contributed by atoms with van der Waals surface area (Å²) < 4.78 is 5.76. The number of hydrogen-bond donors (Lipinski definition) is 2. The fraction of sp³-hybridized carbons (Fsp3) is 0.211. The average molecular weight is 373 g/mol. The van der Waals surface area contributed by atoms with Crippen LogP contribution < -0.4 is 10.4 Å². The lowest BCUT2D eigenvalue weighted by Gasteiger charge is -2.07. The largest absolute Gasteiger partial charge is 0.493 e. The van der Waals surface area contributed by atoms with Crippen molar-refractivity contribution in [2.45, 2.75) is 16.4 Å². The maximum absolute atomic E-state index is 11.0. The minimum absolute atomic E-state index is 0.155. The first-order valence-electron chi connectivity index (χ1n) is 8.03. The Morgan fingerprint density at radius 2 is 1.76 bits per heavy atom. The first-order valence-corrected chi connectivity index (χ1v) is 10.2. The van der Waals surface area contributed by atoms with Gasteiger partial charge in [-0.15, -0.1) is 11.8 Å². The standard InChI is InChI=1S/C19H20N2O2S2/c22-19-20-12-16(21-19)14-24-11-10-23-17-6-8-18(9-7-17)25-13-15-4-2-1-3-5-15/h1-9,12H,10-11,13-14H2,(H2,20,21,22). The molecule has 0 saturated heterocycles. The van der Waals surface area contributed by atoms with E-state index in [0.717, 1.165) is 28.7 Å². The van der Waals surface area contributed by atoms with Crippen molar-refractivity contribution in [1.29, 1.82) is 0 Å². The highest BCUT2D eigenvalue weighted by molar-refractivity contribution is 7.98. The molecule has 25 heavy (non-hydrogen) atoms. The van der Waals surface area contributed by atoms with Crippen LogP contribution >= 0.6 is 23.5 Å². The second-order valence-electron chi connectivity index (χ2n) is 5.41. The van der Waals surface area contributed by atoms with Crippen molar-refractivity contribution in [3.8, 4) is 5.75 Å². The van der Waals surface area contributed by atoms with Crippen LogP contribution in [0, 0.1) is 0 Å². The number of rotatable bonds is 9. The van der Waals surface area contributed by atoms with Crippen LogP contribution in [0.4, 0.5) is 0 Å². The molecular weight excluding hydrogens is 352 g/mol. The van der Waals surface area contributed by atoms with E-state index in [-0.39, 0.29) is 5.69 Å². The third-order valence-electron chi connectivity index (χ3n) is 3.48. The van der Waals surface area contributed by atoms with Gasteiger partial charge in [-0.05, 0) is 29.8 Å². The summed E-state index contributed by atoms with van der Waals surface area (Å²) in [5.74, 6) is 3.51. The van der Waals surface area contributed by atoms with Crippen LogP contribution in [-0.4, -0.2) is 22.3 Å². The zero-order valence-corrected chi connectivity index (χ0v) is 15.4. The lowest BCUT2D eigenvalue weighted by molar-refractivity contribution is 0.343. The van der Waals surface area contributed by atoms with Crippen molar-refractivity contribution in [1.82, 2.24) is 9.97 Å². The molecule has 3 aromatic rings. The van der Waals surface area contributed by atoms with Crippen LogP contribution in [0.2, 0.25) is 0 Å². The zero-order valence-electron chi connectivity index (χ0n) is 13.7. The van der Waals surface area contributed by atoms with Crippen LogP contribution in [0.1, 0.15) is 11.3 Å². The fourth-order valence-electron chi connectivity index (χ4n) is 2.22. The third kappa shape index (κ3) is 6.07. The second-order valence-corrected chi connectivity index (χ2v) is 7.57. The molecule has 6 heteroatoms. The smallest absolute Gasteiger partial charge is 0.323 e. The van der Waals surface area contributed by atoms with E-state index in [1.807, 2.05) is 30.0 Å². The maximum Gasteiger partial charge on any atom is 0.323 e. The van der Waals surface area contributed by atoms with Gasteiger partial charge >= 0.3 is 5.69 Å². The summed E-state index contributed by atoms with van der Waals surface area (Å²) in [6.45, 7) is 0.649. The monoisotopic (exact) mass is 372 g/mol. The summed E-state index contributed by atoms with van der Waals surface area (Å²) in [5.41, 5.74) is 2.08. The number of thioether (sulfide) groups is 2. The lowest BCUT2D eigenvalue weighted by Crippen LogP contribution is -2.02. The number of aromatic nitrogens is 2. The fourth-order valence-corrected chi connectivity index (χ4v) is 3.80. The summed E-state index contributed by atoms with van der Waals surface area (Å²) in [5, 5.41) is 0. The van der Waals surface area contributed by atoms with Gasteiger partial charge in [0, 0.05) is 34.0 Å². The van der Waals surface area contributed by atoms with E-state index < -0.39 is 0 Å². The van der Waals surface area contributed by atoms with E-state index in [9.17, 15) is 4.79 Å². The number of ether oxygens (including phenoxy) is 1. The minimum Gasteiger partial charge on any atom is -0.493 e. The highest BCUT2D eigenvalue weighted by Crippen LogP contribution is 2.25. The molecular formula is C19H20N2O2S2. The number of benzene rings is 2. The molecule has 0 spiro atoms. The average Bonchev–Trinajstić information content (AvgIpc) is 3.07. The Bertz CT molecular complexity index is 813. The maximum atomic E-state index is 11.0. The molecule has 0 bridgehead atoms. The summed E-state index contributed by atoms with van der Waals surface area (Å²) in [6, 6.07) is 18.7. The van der Waals surface area contributed by atoms with Crippen LogP contribution in [0.15, 0.2) is 70.5 Å². The van der Waals surface area contributed by atoms with Crippen molar-refractivity contribution < 1.29 is 4.74 Å². The molecule has 0 aliphatic carbocycles. The van der Waals surface area contributed by atoms with Gasteiger partial charge in [-0.1, -0.05) is 30.3 Å². The Balaban J connectivity index is 1.35. The van der Waals surface area contributed by atoms with Gasteiger partial charge in [0.05, 0.1) is 6.61 Å². The zero-order chi connectivity index (χ0) is 17.3. The SMILES string of the molecule is O=c1[nH]cc(CSCCOc2ccc(SCc3ccccc3)cc2)[nH]1. The molecule has 1 heterocycles. The molecule has 0 fully saturated rings. The van der Waals surface area contributed by atoms with E-state index in [1.54, 1.807) is 18.0 Å². The number of aromatic amines is 2. The molecule has 130 valence electrons. The Kier molecular flexibility index (Phi) is 6.71. The van der Waals surface area contributed by atoms with Crippen molar-refractivity contribution in [2.24, 2.45) is 0 Å². The molecule has 0 saturated carbocycles. The predicted molar refractivity (Wildman–Crippen MR) is 106 cm³/mol. The number of H-pyrrole nitrogens is 2. The first-order chi connectivity index (χ1) is 12.3. The van der Waals surface area contributed by atoms with Crippen molar-refractivity contribution in [2.75, 3.05) is 12.4 Å². The minimum atomic E-state index is -0.155. The van der Waals surface area contributed by atoms with E-state index in [4.69, 9.17) is 4.74 Å². The molecule has 2 aromatic carbocycles. The molecule has 0 radical (unpaired) electrons. The topological polar surface area (TPSA) is 57.9 Å². The van der Waals surface area contributed by atoms with Gasteiger partial charge in [-0.2, -0.15) is 11.8 Å². The quantitative estimate of drug-likeness (QED) is 0.434. The summed E-state index contributed by atoms with van der Waals surface area (Å²) >= 11 is 3.55. The number of hydrogen-bond acceptors (Lipinski definition) is 4. The van der Waals surface area contributed by atoms with Gasteiger partial charge in [-0.3, -0.25) is 0 Å². The molecule has 4 nitrogen and oxygen atoms in total. The van der Waals surface area contributed by atoms with Crippen LogP contribution in [-0.2, 0) is 11.5 Å². The Morgan fingerprint density at radius 3 is 2.48 bits per heavy atom. The van der Waals surface area contributed by atoms with Gasteiger partial charge in [0.15, 0.2) is 0 Å². The Hall–Kier alpha value is -2.05. The molecule has 1 aromatic heterocycles. The van der Waals surface area contributed by atoms with Gasteiger partial charge in [0.1, 0.15) is 5.75 Å². The van der Waals surface area contributed by atoms with E-state index in [2.05, 4.69) is 46.4 Å².